The standard InChI is InChI=1S/C15H21NO/c1-5-11(9(2)3)13-12-8-6-7-10(4)14(12)16-15(13)17/h6-9,11,13H,5H2,1-4H3,(H,16,17). The van der Waals surface area contributed by atoms with Crippen LogP contribution in [0.3, 0.4) is 0 Å². The maximum Gasteiger partial charge on any atom is 0.232 e. The lowest BCUT2D eigenvalue weighted by molar-refractivity contribution is -0.118. The molecule has 0 bridgehead atoms. The zero-order chi connectivity index (χ0) is 12.6. The van der Waals surface area contributed by atoms with Crippen molar-refractivity contribution in [3.05, 3.63) is 29.3 Å². The summed E-state index contributed by atoms with van der Waals surface area (Å²) in [6.07, 6.45) is 1.04. The first kappa shape index (κ1) is 12.2. The van der Waals surface area contributed by atoms with E-state index in [2.05, 4.69) is 51.2 Å². The van der Waals surface area contributed by atoms with Crippen LogP contribution < -0.4 is 5.32 Å². The molecule has 1 N–H and O–H groups in total. The predicted molar refractivity (Wildman–Crippen MR) is 71.2 cm³/mol. The van der Waals surface area contributed by atoms with Crippen molar-refractivity contribution in [3.8, 4) is 0 Å². The molecule has 1 aliphatic heterocycles. The lowest BCUT2D eigenvalue weighted by Gasteiger charge is -2.24. The van der Waals surface area contributed by atoms with Gasteiger partial charge in [0.15, 0.2) is 0 Å². The number of anilines is 1. The van der Waals surface area contributed by atoms with Gasteiger partial charge in [0.2, 0.25) is 5.91 Å². The summed E-state index contributed by atoms with van der Waals surface area (Å²) in [5.74, 6) is 1.17. The largest absolute Gasteiger partial charge is 0.325 e. The molecule has 0 aliphatic carbocycles. The van der Waals surface area contributed by atoms with Crippen LogP contribution in [0.2, 0.25) is 0 Å². The van der Waals surface area contributed by atoms with Crippen molar-refractivity contribution >= 4 is 11.6 Å². The Morgan fingerprint density at radius 3 is 2.65 bits per heavy atom. The average Bonchev–Trinajstić information content (AvgIpc) is 2.59. The number of benzene rings is 1. The third kappa shape index (κ3) is 1.97. The molecule has 0 radical (unpaired) electrons. The number of carbonyl (C=O) groups excluding carboxylic acids is 1. The van der Waals surface area contributed by atoms with Gasteiger partial charge in [-0.15, -0.1) is 0 Å². The topological polar surface area (TPSA) is 29.1 Å². The molecule has 1 heterocycles. The smallest absolute Gasteiger partial charge is 0.232 e. The summed E-state index contributed by atoms with van der Waals surface area (Å²) in [6.45, 7) is 8.63. The highest BCUT2D eigenvalue weighted by Crippen LogP contribution is 2.42. The average molecular weight is 231 g/mol. The second-order valence-corrected chi connectivity index (χ2v) is 5.32. The van der Waals surface area contributed by atoms with E-state index in [1.165, 1.54) is 5.56 Å². The van der Waals surface area contributed by atoms with Crippen molar-refractivity contribution in [2.45, 2.75) is 40.0 Å². The van der Waals surface area contributed by atoms with E-state index in [0.717, 1.165) is 17.7 Å². The Morgan fingerprint density at radius 2 is 2.06 bits per heavy atom. The van der Waals surface area contributed by atoms with Gasteiger partial charge < -0.3 is 5.32 Å². The van der Waals surface area contributed by atoms with Crippen LogP contribution in [-0.2, 0) is 4.79 Å². The molecule has 2 rings (SSSR count). The van der Waals surface area contributed by atoms with Crippen LogP contribution in [0.15, 0.2) is 18.2 Å². The SMILES string of the molecule is CCC(C(C)C)C1C(=O)Nc2c(C)cccc21. The Kier molecular flexibility index (Phi) is 3.23. The third-order valence-corrected chi connectivity index (χ3v) is 3.93. The van der Waals surface area contributed by atoms with Gasteiger partial charge in [0.05, 0.1) is 5.92 Å². The molecule has 0 saturated carbocycles. The van der Waals surface area contributed by atoms with Gasteiger partial charge >= 0.3 is 0 Å². The van der Waals surface area contributed by atoms with Gasteiger partial charge in [-0.25, -0.2) is 0 Å². The Balaban J connectivity index is 2.44. The number of para-hydroxylation sites is 1. The van der Waals surface area contributed by atoms with Crippen LogP contribution in [0.4, 0.5) is 5.69 Å². The third-order valence-electron chi connectivity index (χ3n) is 3.93. The van der Waals surface area contributed by atoms with Gasteiger partial charge in [-0.3, -0.25) is 4.79 Å². The molecule has 0 aromatic heterocycles. The van der Waals surface area contributed by atoms with Crippen LogP contribution in [0.1, 0.15) is 44.2 Å². The summed E-state index contributed by atoms with van der Waals surface area (Å²) in [5, 5.41) is 3.05. The summed E-state index contributed by atoms with van der Waals surface area (Å²) in [7, 11) is 0. The minimum atomic E-state index is 0.0369. The number of carbonyl (C=O) groups is 1. The highest BCUT2D eigenvalue weighted by atomic mass is 16.2. The van der Waals surface area contributed by atoms with E-state index >= 15 is 0 Å². The van der Waals surface area contributed by atoms with E-state index in [4.69, 9.17) is 0 Å². The first-order valence-electron chi connectivity index (χ1n) is 6.46. The van der Waals surface area contributed by atoms with Crippen LogP contribution >= 0.6 is 0 Å². The quantitative estimate of drug-likeness (QED) is 0.844. The highest BCUT2D eigenvalue weighted by Gasteiger charge is 2.37. The molecular weight excluding hydrogens is 210 g/mol. The number of amides is 1. The molecule has 92 valence electrons. The lowest BCUT2D eigenvalue weighted by atomic mass is 9.78. The molecule has 1 aliphatic rings. The second-order valence-electron chi connectivity index (χ2n) is 5.32. The molecule has 1 amide bonds. The van der Waals surface area contributed by atoms with Crippen molar-refractivity contribution in [1.29, 1.82) is 0 Å². The summed E-state index contributed by atoms with van der Waals surface area (Å²) >= 11 is 0. The van der Waals surface area contributed by atoms with E-state index < -0.39 is 0 Å². The molecule has 2 heteroatoms. The van der Waals surface area contributed by atoms with E-state index in [0.29, 0.717) is 11.8 Å². The van der Waals surface area contributed by atoms with Crippen molar-refractivity contribution < 1.29 is 4.79 Å². The fourth-order valence-corrected chi connectivity index (χ4v) is 2.98. The zero-order valence-electron chi connectivity index (χ0n) is 11.1. The number of rotatable bonds is 3. The van der Waals surface area contributed by atoms with Crippen LogP contribution in [0.25, 0.3) is 0 Å². The fourth-order valence-electron chi connectivity index (χ4n) is 2.98. The van der Waals surface area contributed by atoms with Gasteiger partial charge in [-0.1, -0.05) is 45.4 Å². The van der Waals surface area contributed by atoms with Gasteiger partial charge in [0, 0.05) is 5.69 Å². The lowest BCUT2D eigenvalue weighted by Crippen LogP contribution is -2.24. The van der Waals surface area contributed by atoms with Crippen molar-refractivity contribution in [1.82, 2.24) is 0 Å². The molecule has 2 nitrogen and oxygen atoms in total. The summed E-state index contributed by atoms with van der Waals surface area (Å²) in [4.78, 5) is 12.2. The van der Waals surface area contributed by atoms with Crippen molar-refractivity contribution in [3.63, 3.8) is 0 Å². The van der Waals surface area contributed by atoms with Gasteiger partial charge in [0.25, 0.3) is 0 Å². The van der Waals surface area contributed by atoms with E-state index in [-0.39, 0.29) is 11.8 Å². The fraction of sp³-hybridized carbons (Fsp3) is 0.533. The maximum absolute atomic E-state index is 12.2. The maximum atomic E-state index is 12.2. The molecule has 2 unspecified atom stereocenters. The number of aryl methyl sites for hydroxylation is 1. The minimum absolute atomic E-state index is 0.0369. The Morgan fingerprint density at radius 1 is 1.35 bits per heavy atom. The number of fused-ring (bicyclic) bond motifs is 1. The summed E-state index contributed by atoms with van der Waals surface area (Å²) < 4.78 is 0. The zero-order valence-corrected chi connectivity index (χ0v) is 11.1. The highest BCUT2D eigenvalue weighted by molar-refractivity contribution is 6.03. The molecule has 0 spiro atoms. The van der Waals surface area contributed by atoms with Crippen molar-refractivity contribution in [2.75, 3.05) is 5.32 Å². The number of nitrogens with one attached hydrogen (secondary N) is 1. The van der Waals surface area contributed by atoms with E-state index in [1.54, 1.807) is 0 Å². The molecule has 0 fully saturated rings. The molecule has 1 aromatic carbocycles. The number of hydrogen-bond donors (Lipinski definition) is 1. The first-order chi connectivity index (χ1) is 8.06. The molecule has 2 atom stereocenters. The second kappa shape index (κ2) is 4.52. The molecule has 0 saturated heterocycles. The number of hydrogen-bond acceptors (Lipinski definition) is 1. The summed E-state index contributed by atoms with van der Waals surface area (Å²) in [5.41, 5.74) is 3.40. The van der Waals surface area contributed by atoms with Crippen LogP contribution in [0, 0.1) is 18.8 Å². The Hall–Kier alpha value is -1.31. The van der Waals surface area contributed by atoms with Gasteiger partial charge in [0.1, 0.15) is 0 Å². The molecule has 17 heavy (non-hydrogen) atoms. The Bertz CT molecular complexity index is 437. The summed E-state index contributed by atoms with van der Waals surface area (Å²) in [6, 6.07) is 6.20. The predicted octanol–water partition coefficient (Wildman–Crippen LogP) is 3.71. The molecular formula is C15H21NO. The molecule has 1 aromatic rings. The monoisotopic (exact) mass is 231 g/mol. The van der Waals surface area contributed by atoms with E-state index in [9.17, 15) is 4.79 Å². The normalized spacial score (nSPS) is 20.3. The van der Waals surface area contributed by atoms with Crippen molar-refractivity contribution in [2.24, 2.45) is 11.8 Å². The first-order valence-corrected chi connectivity index (χ1v) is 6.46. The van der Waals surface area contributed by atoms with E-state index in [1.807, 2.05) is 0 Å². The minimum Gasteiger partial charge on any atom is -0.325 e. The van der Waals surface area contributed by atoms with Gasteiger partial charge in [-0.2, -0.15) is 0 Å². The van der Waals surface area contributed by atoms with Crippen LogP contribution in [0.5, 0.6) is 0 Å². The van der Waals surface area contributed by atoms with Crippen LogP contribution in [-0.4, -0.2) is 5.91 Å². The van der Waals surface area contributed by atoms with Gasteiger partial charge in [-0.05, 0) is 29.9 Å². The Labute approximate surface area is 103 Å².